The second-order valence-electron chi connectivity index (χ2n) is 3.44. The molecule has 1 heterocycles. The third-order valence-corrected chi connectivity index (χ3v) is 2.49. The van der Waals surface area contributed by atoms with E-state index < -0.39 is 0 Å². The van der Waals surface area contributed by atoms with Gasteiger partial charge in [-0.3, -0.25) is 4.98 Å². The van der Waals surface area contributed by atoms with Crippen LogP contribution in [0.15, 0.2) is 30.6 Å². The van der Waals surface area contributed by atoms with Gasteiger partial charge in [0.1, 0.15) is 5.69 Å². The van der Waals surface area contributed by atoms with Crippen LogP contribution in [0, 0.1) is 0 Å². The van der Waals surface area contributed by atoms with Gasteiger partial charge in [-0.25, -0.2) is 10.8 Å². The number of hydrazine groups is 1. The second-order valence-corrected chi connectivity index (χ2v) is 3.44. The van der Waals surface area contributed by atoms with Gasteiger partial charge in [0, 0.05) is 18.0 Å². The summed E-state index contributed by atoms with van der Waals surface area (Å²) < 4.78 is 10.6. The third-order valence-electron chi connectivity index (χ3n) is 2.49. The Morgan fingerprint density at radius 2 is 1.89 bits per heavy atom. The van der Waals surface area contributed by atoms with E-state index in [1.54, 1.807) is 26.6 Å². The van der Waals surface area contributed by atoms with Crippen LogP contribution in [-0.4, -0.2) is 24.2 Å². The molecule has 0 atom stereocenters. The number of ether oxygens (including phenoxy) is 2. The largest absolute Gasteiger partial charge is 0.493 e. The second kappa shape index (κ2) is 5.33. The standard InChI is InChI=1S/C12H14N4O2/c1-17-9-5-3-4-8(11(9)18-2)10-12(16-13)15-7-6-14-10/h3-7H,13H2,1-2H3,(H,15,16). The minimum atomic E-state index is 0.476. The van der Waals surface area contributed by atoms with Crippen molar-refractivity contribution in [2.45, 2.75) is 0 Å². The molecule has 94 valence electrons. The van der Waals surface area contributed by atoms with Crippen molar-refractivity contribution in [3.05, 3.63) is 30.6 Å². The molecule has 0 saturated carbocycles. The predicted octanol–water partition coefficient (Wildman–Crippen LogP) is 1.45. The molecule has 0 unspecified atom stereocenters. The first-order valence-electron chi connectivity index (χ1n) is 5.30. The SMILES string of the molecule is COc1cccc(-c2nccnc2NN)c1OC. The van der Waals surface area contributed by atoms with Gasteiger partial charge in [-0.15, -0.1) is 0 Å². The number of benzene rings is 1. The van der Waals surface area contributed by atoms with Crippen LogP contribution in [0.5, 0.6) is 11.5 Å². The summed E-state index contributed by atoms with van der Waals surface area (Å²) in [6, 6.07) is 5.53. The molecule has 0 fully saturated rings. The van der Waals surface area contributed by atoms with Gasteiger partial charge in [0.25, 0.3) is 0 Å². The van der Waals surface area contributed by atoms with Crippen molar-refractivity contribution >= 4 is 5.82 Å². The van der Waals surface area contributed by atoms with E-state index in [4.69, 9.17) is 15.3 Å². The molecule has 2 rings (SSSR count). The molecular formula is C12H14N4O2. The number of hydrogen-bond acceptors (Lipinski definition) is 6. The minimum absolute atomic E-state index is 0.476. The first-order chi connectivity index (χ1) is 8.81. The molecule has 0 bridgehead atoms. The van der Waals surface area contributed by atoms with Crippen molar-refractivity contribution in [1.29, 1.82) is 0 Å². The molecular weight excluding hydrogens is 232 g/mol. The van der Waals surface area contributed by atoms with Crippen LogP contribution in [-0.2, 0) is 0 Å². The molecule has 3 N–H and O–H groups in total. The lowest BCUT2D eigenvalue weighted by Crippen LogP contribution is -2.10. The minimum Gasteiger partial charge on any atom is -0.493 e. The van der Waals surface area contributed by atoms with Crippen molar-refractivity contribution in [1.82, 2.24) is 9.97 Å². The fourth-order valence-corrected chi connectivity index (χ4v) is 1.71. The zero-order valence-electron chi connectivity index (χ0n) is 10.2. The van der Waals surface area contributed by atoms with Gasteiger partial charge in [-0.2, -0.15) is 0 Å². The van der Waals surface area contributed by atoms with Gasteiger partial charge in [-0.05, 0) is 12.1 Å². The Bertz CT molecular complexity index is 545. The number of nitrogens with two attached hydrogens (primary N) is 1. The lowest BCUT2D eigenvalue weighted by atomic mass is 10.1. The van der Waals surface area contributed by atoms with Crippen LogP contribution in [0.25, 0.3) is 11.3 Å². The molecule has 1 aromatic heterocycles. The number of hydrogen-bond donors (Lipinski definition) is 2. The van der Waals surface area contributed by atoms with Gasteiger partial charge in [0.05, 0.1) is 14.2 Å². The van der Waals surface area contributed by atoms with Gasteiger partial charge in [-0.1, -0.05) is 6.07 Å². The van der Waals surface area contributed by atoms with Gasteiger partial charge in [0.15, 0.2) is 17.3 Å². The Morgan fingerprint density at radius 3 is 2.56 bits per heavy atom. The van der Waals surface area contributed by atoms with Crippen molar-refractivity contribution in [3.63, 3.8) is 0 Å². The molecule has 0 radical (unpaired) electrons. The predicted molar refractivity (Wildman–Crippen MR) is 68.4 cm³/mol. The van der Waals surface area contributed by atoms with Crippen LogP contribution >= 0.6 is 0 Å². The Hall–Kier alpha value is -2.34. The summed E-state index contributed by atoms with van der Waals surface area (Å²) in [5.74, 6) is 7.12. The van der Waals surface area contributed by atoms with Crippen molar-refractivity contribution in [2.75, 3.05) is 19.6 Å². The van der Waals surface area contributed by atoms with E-state index in [1.165, 1.54) is 0 Å². The molecule has 0 aliphatic heterocycles. The zero-order chi connectivity index (χ0) is 13.0. The Morgan fingerprint density at radius 1 is 1.11 bits per heavy atom. The lowest BCUT2D eigenvalue weighted by Gasteiger charge is -2.13. The summed E-state index contributed by atoms with van der Waals surface area (Å²) in [5, 5.41) is 0. The number of aromatic nitrogens is 2. The van der Waals surface area contributed by atoms with Crippen LogP contribution in [0.4, 0.5) is 5.82 Å². The number of nitrogens with zero attached hydrogens (tertiary/aromatic N) is 2. The van der Waals surface area contributed by atoms with Crippen LogP contribution < -0.4 is 20.7 Å². The quantitative estimate of drug-likeness (QED) is 0.627. The fraction of sp³-hybridized carbons (Fsp3) is 0.167. The molecule has 0 aliphatic rings. The normalized spacial score (nSPS) is 9.94. The third kappa shape index (κ3) is 2.05. The summed E-state index contributed by atoms with van der Waals surface area (Å²) in [6.45, 7) is 0. The Labute approximate surface area is 105 Å². The fourth-order valence-electron chi connectivity index (χ4n) is 1.71. The summed E-state index contributed by atoms with van der Waals surface area (Å²) in [4.78, 5) is 8.37. The average Bonchev–Trinajstić information content (AvgIpc) is 2.46. The smallest absolute Gasteiger partial charge is 0.170 e. The number of anilines is 1. The van der Waals surface area contributed by atoms with Gasteiger partial charge >= 0.3 is 0 Å². The molecule has 0 amide bonds. The highest BCUT2D eigenvalue weighted by Gasteiger charge is 2.15. The molecule has 0 aliphatic carbocycles. The maximum atomic E-state index is 5.43. The zero-order valence-corrected chi connectivity index (χ0v) is 10.2. The number of rotatable bonds is 4. The highest BCUT2D eigenvalue weighted by molar-refractivity contribution is 5.78. The maximum Gasteiger partial charge on any atom is 0.170 e. The molecule has 0 saturated heterocycles. The topological polar surface area (TPSA) is 82.3 Å². The van der Waals surface area contributed by atoms with Crippen molar-refractivity contribution in [3.8, 4) is 22.8 Å². The highest BCUT2D eigenvalue weighted by atomic mass is 16.5. The summed E-state index contributed by atoms with van der Waals surface area (Å²) in [5.41, 5.74) is 3.88. The summed E-state index contributed by atoms with van der Waals surface area (Å²) >= 11 is 0. The molecule has 6 heteroatoms. The van der Waals surface area contributed by atoms with Crippen LogP contribution in [0.2, 0.25) is 0 Å². The first-order valence-corrected chi connectivity index (χ1v) is 5.30. The van der Waals surface area contributed by atoms with Crippen molar-refractivity contribution in [2.24, 2.45) is 5.84 Å². The lowest BCUT2D eigenvalue weighted by molar-refractivity contribution is 0.356. The number of para-hydroxylation sites is 1. The summed E-state index contributed by atoms with van der Waals surface area (Å²) in [6.07, 6.45) is 3.15. The molecule has 18 heavy (non-hydrogen) atoms. The number of methoxy groups -OCH3 is 2. The molecule has 2 aromatic rings. The average molecular weight is 246 g/mol. The van der Waals surface area contributed by atoms with E-state index in [9.17, 15) is 0 Å². The maximum absolute atomic E-state index is 5.43. The van der Waals surface area contributed by atoms with E-state index >= 15 is 0 Å². The first kappa shape index (κ1) is 12.1. The summed E-state index contributed by atoms with van der Waals surface area (Å²) in [7, 11) is 3.16. The van der Waals surface area contributed by atoms with Gasteiger partial charge in [0.2, 0.25) is 0 Å². The molecule has 1 aromatic carbocycles. The Balaban J connectivity index is 2.63. The van der Waals surface area contributed by atoms with E-state index in [0.29, 0.717) is 23.0 Å². The number of nitrogen functional groups attached to an aromatic ring is 1. The molecule has 6 nitrogen and oxygen atoms in total. The van der Waals surface area contributed by atoms with Crippen LogP contribution in [0.1, 0.15) is 0 Å². The van der Waals surface area contributed by atoms with Crippen molar-refractivity contribution < 1.29 is 9.47 Å². The monoisotopic (exact) mass is 246 g/mol. The van der Waals surface area contributed by atoms with E-state index in [0.717, 1.165) is 5.56 Å². The van der Waals surface area contributed by atoms with E-state index in [-0.39, 0.29) is 0 Å². The molecule has 0 spiro atoms. The van der Waals surface area contributed by atoms with Crippen LogP contribution in [0.3, 0.4) is 0 Å². The highest BCUT2D eigenvalue weighted by Crippen LogP contribution is 2.38. The van der Waals surface area contributed by atoms with Gasteiger partial charge < -0.3 is 14.9 Å². The van der Waals surface area contributed by atoms with E-state index in [2.05, 4.69) is 15.4 Å². The Kier molecular flexibility index (Phi) is 3.59. The van der Waals surface area contributed by atoms with E-state index in [1.807, 2.05) is 18.2 Å². The number of nitrogens with one attached hydrogen (secondary N) is 1.